The first-order chi connectivity index (χ1) is 6.75. The van der Waals surface area contributed by atoms with E-state index in [-0.39, 0.29) is 11.9 Å². The van der Waals surface area contributed by atoms with E-state index in [2.05, 4.69) is 15.7 Å². The van der Waals surface area contributed by atoms with Gasteiger partial charge < -0.3 is 10.6 Å². The molecule has 5 heteroatoms. The van der Waals surface area contributed by atoms with Crippen LogP contribution in [0.5, 0.6) is 0 Å². The fraction of sp³-hybridized carbons (Fsp3) is 0.556. The summed E-state index contributed by atoms with van der Waals surface area (Å²) < 4.78 is 1.66. The summed E-state index contributed by atoms with van der Waals surface area (Å²) in [6, 6.07) is 1.74. The van der Waals surface area contributed by atoms with Crippen molar-refractivity contribution >= 4 is 11.7 Å². The minimum atomic E-state index is -0.0444. The van der Waals surface area contributed by atoms with Crippen LogP contribution in [0.1, 0.15) is 12.8 Å². The van der Waals surface area contributed by atoms with E-state index in [1.807, 2.05) is 7.05 Å². The zero-order valence-electron chi connectivity index (χ0n) is 8.16. The zero-order valence-corrected chi connectivity index (χ0v) is 8.16. The van der Waals surface area contributed by atoms with E-state index in [9.17, 15) is 4.79 Å². The minimum absolute atomic E-state index is 0.0150. The minimum Gasteiger partial charge on any atom is -0.308 e. The lowest BCUT2D eigenvalue weighted by atomic mass is 10.2. The van der Waals surface area contributed by atoms with Gasteiger partial charge in [-0.3, -0.25) is 9.48 Å². The largest absolute Gasteiger partial charge is 0.308 e. The van der Waals surface area contributed by atoms with Crippen molar-refractivity contribution in [2.45, 2.75) is 18.9 Å². The fourth-order valence-electron chi connectivity index (χ4n) is 1.60. The molecule has 1 aromatic rings. The lowest BCUT2D eigenvalue weighted by molar-refractivity contribution is -0.117. The van der Waals surface area contributed by atoms with E-state index in [0.717, 1.165) is 19.4 Å². The molecule has 2 N–H and O–H groups in total. The Bertz CT molecular complexity index is 327. The SMILES string of the molecule is Cn1ccc(NC(=O)[C@H]2CCCN2)n1. The Labute approximate surface area is 82.5 Å². The molecule has 2 heterocycles. The number of hydrogen-bond acceptors (Lipinski definition) is 3. The van der Waals surface area contributed by atoms with Crippen LogP contribution in [-0.2, 0) is 11.8 Å². The molecule has 76 valence electrons. The Kier molecular flexibility index (Phi) is 2.49. The molecule has 0 saturated carbocycles. The third-order valence-electron chi connectivity index (χ3n) is 2.34. The van der Waals surface area contributed by atoms with Gasteiger partial charge in [0.25, 0.3) is 0 Å². The number of hydrogen-bond donors (Lipinski definition) is 2. The van der Waals surface area contributed by atoms with Crippen LogP contribution < -0.4 is 10.6 Å². The summed E-state index contributed by atoms with van der Waals surface area (Å²) in [5, 5.41) is 9.99. The number of carbonyl (C=O) groups is 1. The zero-order chi connectivity index (χ0) is 9.97. The van der Waals surface area contributed by atoms with Gasteiger partial charge in [-0.25, -0.2) is 0 Å². The van der Waals surface area contributed by atoms with Crippen LogP contribution in [0.25, 0.3) is 0 Å². The normalized spacial score (nSPS) is 21.1. The van der Waals surface area contributed by atoms with Gasteiger partial charge in [0, 0.05) is 19.3 Å². The van der Waals surface area contributed by atoms with Crippen LogP contribution in [0.2, 0.25) is 0 Å². The molecule has 1 fully saturated rings. The average Bonchev–Trinajstić information content (AvgIpc) is 2.75. The van der Waals surface area contributed by atoms with Gasteiger partial charge in [-0.1, -0.05) is 0 Å². The summed E-state index contributed by atoms with van der Waals surface area (Å²) >= 11 is 0. The highest BCUT2D eigenvalue weighted by Gasteiger charge is 2.22. The van der Waals surface area contributed by atoms with Gasteiger partial charge in [-0.15, -0.1) is 0 Å². The first-order valence-corrected chi connectivity index (χ1v) is 4.79. The molecule has 2 rings (SSSR count). The summed E-state index contributed by atoms with van der Waals surface area (Å²) in [7, 11) is 1.82. The molecule has 0 aliphatic carbocycles. The topological polar surface area (TPSA) is 59.0 Å². The number of nitrogens with one attached hydrogen (secondary N) is 2. The lowest BCUT2D eigenvalue weighted by Gasteiger charge is -2.08. The van der Waals surface area contributed by atoms with Crippen molar-refractivity contribution in [1.29, 1.82) is 0 Å². The van der Waals surface area contributed by atoms with Crippen molar-refractivity contribution in [3.05, 3.63) is 12.3 Å². The molecule has 0 bridgehead atoms. The van der Waals surface area contributed by atoms with Gasteiger partial charge in [0.05, 0.1) is 6.04 Å². The Morgan fingerprint density at radius 2 is 2.64 bits per heavy atom. The summed E-state index contributed by atoms with van der Waals surface area (Å²) in [5.41, 5.74) is 0. The quantitative estimate of drug-likeness (QED) is 0.702. The Hall–Kier alpha value is -1.36. The molecule has 1 aliphatic rings. The van der Waals surface area contributed by atoms with Crippen LogP contribution in [0.3, 0.4) is 0 Å². The van der Waals surface area contributed by atoms with Gasteiger partial charge in [0.2, 0.25) is 5.91 Å². The lowest BCUT2D eigenvalue weighted by Crippen LogP contribution is -2.35. The number of nitrogens with zero attached hydrogens (tertiary/aromatic N) is 2. The molecule has 5 nitrogen and oxygen atoms in total. The molecule has 1 aliphatic heterocycles. The molecule has 0 spiro atoms. The van der Waals surface area contributed by atoms with Crippen molar-refractivity contribution in [1.82, 2.24) is 15.1 Å². The summed E-state index contributed by atoms with van der Waals surface area (Å²) in [5.74, 6) is 0.632. The first-order valence-electron chi connectivity index (χ1n) is 4.79. The molecular formula is C9H14N4O. The number of carbonyl (C=O) groups excluding carboxylic acids is 1. The summed E-state index contributed by atoms with van der Waals surface area (Å²) in [6.45, 7) is 0.931. The van der Waals surface area contributed by atoms with Gasteiger partial charge in [0.15, 0.2) is 5.82 Å². The Balaban J connectivity index is 1.93. The van der Waals surface area contributed by atoms with Crippen molar-refractivity contribution in [2.24, 2.45) is 7.05 Å². The molecule has 0 aromatic carbocycles. The van der Waals surface area contributed by atoms with E-state index in [4.69, 9.17) is 0 Å². The van der Waals surface area contributed by atoms with Gasteiger partial charge in [-0.05, 0) is 19.4 Å². The highest BCUT2D eigenvalue weighted by atomic mass is 16.2. The standard InChI is InChI=1S/C9H14N4O/c1-13-6-4-8(12-13)11-9(14)7-3-2-5-10-7/h4,6-7,10H,2-3,5H2,1H3,(H,11,12,14)/t7-/m1/s1. The fourth-order valence-corrected chi connectivity index (χ4v) is 1.60. The molecule has 1 atom stereocenters. The second-order valence-corrected chi connectivity index (χ2v) is 3.51. The highest BCUT2D eigenvalue weighted by Crippen LogP contribution is 2.08. The third kappa shape index (κ3) is 1.93. The van der Waals surface area contributed by atoms with Crippen molar-refractivity contribution in [3.8, 4) is 0 Å². The molecule has 1 amide bonds. The highest BCUT2D eigenvalue weighted by molar-refractivity contribution is 5.94. The van der Waals surface area contributed by atoms with E-state index < -0.39 is 0 Å². The second kappa shape index (κ2) is 3.79. The van der Waals surface area contributed by atoms with E-state index in [1.165, 1.54) is 0 Å². The monoisotopic (exact) mass is 194 g/mol. The number of anilines is 1. The van der Waals surface area contributed by atoms with Gasteiger partial charge in [0.1, 0.15) is 0 Å². The third-order valence-corrected chi connectivity index (χ3v) is 2.34. The maximum atomic E-state index is 11.6. The smallest absolute Gasteiger partial charge is 0.242 e. The van der Waals surface area contributed by atoms with Crippen LogP contribution in [0.15, 0.2) is 12.3 Å². The van der Waals surface area contributed by atoms with Crippen LogP contribution in [0.4, 0.5) is 5.82 Å². The molecule has 1 saturated heterocycles. The number of amides is 1. The Morgan fingerprint density at radius 3 is 3.21 bits per heavy atom. The molecule has 1 aromatic heterocycles. The predicted molar refractivity (Wildman–Crippen MR) is 52.9 cm³/mol. The number of aromatic nitrogens is 2. The number of rotatable bonds is 2. The first kappa shape index (κ1) is 9.21. The maximum Gasteiger partial charge on any atom is 0.242 e. The summed E-state index contributed by atoms with van der Waals surface area (Å²) in [4.78, 5) is 11.6. The van der Waals surface area contributed by atoms with Gasteiger partial charge >= 0.3 is 0 Å². The predicted octanol–water partition coefficient (Wildman–Crippen LogP) is 0.111. The van der Waals surface area contributed by atoms with E-state index in [0.29, 0.717) is 5.82 Å². The van der Waals surface area contributed by atoms with Crippen molar-refractivity contribution < 1.29 is 4.79 Å². The van der Waals surface area contributed by atoms with E-state index in [1.54, 1.807) is 16.9 Å². The number of aryl methyl sites for hydroxylation is 1. The average molecular weight is 194 g/mol. The molecule has 0 radical (unpaired) electrons. The van der Waals surface area contributed by atoms with Gasteiger partial charge in [-0.2, -0.15) is 5.10 Å². The van der Waals surface area contributed by atoms with Crippen LogP contribution in [0, 0.1) is 0 Å². The van der Waals surface area contributed by atoms with Crippen molar-refractivity contribution in [2.75, 3.05) is 11.9 Å². The van der Waals surface area contributed by atoms with Crippen LogP contribution in [-0.4, -0.2) is 28.3 Å². The Morgan fingerprint density at radius 1 is 1.79 bits per heavy atom. The van der Waals surface area contributed by atoms with Crippen LogP contribution >= 0.6 is 0 Å². The second-order valence-electron chi connectivity index (χ2n) is 3.51. The summed E-state index contributed by atoms with van der Waals surface area (Å²) in [6.07, 6.45) is 3.79. The maximum absolute atomic E-state index is 11.6. The van der Waals surface area contributed by atoms with Crippen molar-refractivity contribution in [3.63, 3.8) is 0 Å². The molecular weight excluding hydrogens is 180 g/mol. The van der Waals surface area contributed by atoms with E-state index >= 15 is 0 Å². The molecule has 0 unspecified atom stereocenters. The molecule has 14 heavy (non-hydrogen) atoms.